The number of carbonyl (C=O) groups excluding carboxylic acids is 1. The fraction of sp³-hybridized carbons (Fsp3) is 0.667. The number of likely N-dealkylation sites (tertiary alicyclic amines) is 1. The molecule has 5 nitrogen and oxygen atoms in total. The van der Waals surface area contributed by atoms with E-state index in [-0.39, 0.29) is 24.4 Å². The second-order valence-corrected chi connectivity index (χ2v) is 4.98. The molecule has 1 saturated heterocycles. The molecule has 102 valence electrons. The summed E-state index contributed by atoms with van der Waals surface area (Å²) in [5.41, 5.74) is 7.45. The van der Waals surface area contributed by atoms with Crippen LogP contribution in [0.5, 0.6) is 0 Å². The zero-order valence-corrected chi connectivity index (χ0v) is 11.9. The van der Waals surface area contributed by atoms with Crippen LogP contribution in [0.15, 0.2) is 6.20 Å². The Hall–Kier alpha value is -1.07. The Morgan fingerprint density at radius 1 is 1.56 bits per heavy atom. The van der Waals surface area contributed by atoms with Gasteiger partial charge in [-0.05, 0) is 19.3 Å². The smallest absolute Gasteiger partial charge is 0.257 e. The average Bonchev–Trinajstić information content (AvgIpc) is 2.61. The molecule has 1 aromatic heterocycles. The van der Waals surface area contributed by atoms with Crippen LogP contribution in [-0.4, -0.2) is 39.7 Å². The molecule has 2 unspecified atom stereocenters. The van der Waals surface area contributed by atoms with Gasteiger partial charge in [0.1, 0.15) is 0 Å². The molecule has 1 amide bonds. The lowest BCUT2D eigenvalue weighted by atomic mass is 9.94. The van der Waals surface area contributed by atoms with Crippen LogP contribution in [-0.2, 0) is 7.05 Å². The summed E-state index contributed by atoms with van der Waals surface area (Å²) in [7, 11) is 1.83. The Morgan fingerprint density at radius 3 is 2.72 bits per heavy atom. The summed E-state index contributed by atoms with van der Waals surface area (Å²) in [4.78, 5) is 14.2. The van der Waals surface area contributed by atoms with Crippen molar-refractivity contribution < 1.29 is 4.79 Å². The van der Waals surface area contributed by atoms with Crippen molar-refractivity contribution in [3.8, 4) is 0 Å². The lowest BCUT2D eigenvalue weighted by Crippen LogP contribution is -2.48. The second-order valence-electron chi connectivity index (χ2n) is 4.98. The third kappa shape index (κ3) is 2.84. The number of aryl methyl sites for hydroxylation is 2. The lowest BCUT2D eigenvalue weighted by molar-refractivity contribution is 0.0663. The summed E-state index contributed by atoms with van der Waals surface area (Å²) in [5.74, 6) is 0.444. The summed E-state index contributed by atoms with van der Waals surface area (Å²) in [6.45, 7) is 5.46. The number of nitrogens with zero attached hydrogens (tertiary/aromatic N) is 3. The first-order valence-electron chi connectivity index (χ1n) is 6.04. The molecule has 1 aliphatic rings. The van der Waals surface area contributed by atoms with E-state index in [9.17, 15) is 4.79 Å². The number of nitrogens with two attached hydrogens (primary N) is 1. The van der Waals surface area contributed by atoms with Gasteiger partial charge in [-0.1, -0.05) is 6.92 Å². The lowest BCUT2D eigenvalue weighted by Gasteiger charge is -2.35. The highest BCUT2D eigenvalue weighted by Gasteiger charge is 2.28. The summed E-state index contributed by atoms with van der Waals surface area (Å²) in [5, 5.41) is 4.21. The van der Waals surface area contributed by atoms with E-state index in [0.717, 1.165) is 25.2 Å². The number of piperidine rings is 1. The maximum atomic E-state index is 12.3. The van der Waals surface area contributed by atoms with Gasteiger partial charge in [-0.15, -0.1) is 12.4 Å². The Kier molecular flexibility index (Phi) is 4.76. The Labute approximate surface area is 114 Å². The van der Waals surface area contributed by atoms with Gasteiger partial charge >= 0.3 is 0 Å². The zero-order chi connectivity index (χ0) is 12.6. The van der Waals surface area contributed by atoms with Crippen molar-refractivity contribution in [2.75, 3.05) is 13.1 Å². The fourth-order valence-electron chi connectivity index (χ4n) is 2.33. The van der Waals surface area contributed by atoms with Crippen LogP contribution in [0.4, 0.5) is 0 Å². The number of halogens is 1. The van der Waals surface area contributed by atoms with E-state index in [1.165, 1.54) is 0 Å². The SMILES string of the molecule is Cc1nn(C)cc1C(=O)N1CCC(N)C(C)C1.Cl. The molecular formula is C12H21ClN4O. The average molecular weight is 273 g/mol. The fourth-order valence-corrected chi connectivity index (χ4v) is 2.33. The van der Waals surface area contributed by atoms with Gasteiger partial charge < -0.3 is 10.6 Å². The third-order valence-electron chi connectivity index (χ3n) is 3.50. The Bertz CT molecular complexity index is 432. The highest BCUT2D eigenvalue weighted by molar-refractivity contribution is 5.95. The van der Waals surface area contributed by atoms with Gasteiger partial charge in [0, 0.05) is 32.4 Å². The molecule has 0 radical (unpaired) electrons. The van der Waals surface area contributed by atoms with Gasteiger partial charge in [0.25, 0.3) is 5.91 Å². The molecule has 2 rings (SSSR count). The summed E-state index contributed by atoms with van der Waals surface area (Å²) in [6.07, 6.45) is 2.67. The molecule has 0 spiro atoms. The van der Waals surface area contributed by atoms with E-state index in [4.69, 9.17) is 5.73 Å². The monoisotopic (exact) mass is 272 g/mol. The van der Waals surface area contributed by atoms with E-state index in [2.05, 4.69) is 12.0 Å². The van der Waals surface area contributed by atoms with Crippen LogP contribution in [0.2, 0.25) is 0 Å². The van der Waals surface area contributed by atoms with E-state index >= 15 is 0 Å². The second kappa shape index (κ2) is 5.71. The van der Waals surface area contributed by atoms with Crippen LogP contribution >= 0.6 is 12.4 Å². The van der Waals surface area contributed by atoms with Crippen molar-refractivity contribution in [2.24, 2.45) is 18.7 Å². The first-order valence-corrected chi connectivity index (χ1v) is 6.04. The summed E-state index contributed by atoms with van der Waals surface area (Å²) < 4.78 is 1.68. The first-order chi connectivity index (χ1) is 7.99. The van der Waals surface area contributed by atoms with Crippen molar-refractivity contribution in [2.45, 2.75) is 26.3 Å². The highest BCUT2D eigenvalue weighted by Crippen LogP contribution is 2.18. The standard InChI is InChI=1S/C12H20N4O.ClH/c1-8-6-16(5-4-11(8)13)12(17)10-7-15(3)14-9(10)2;/h7-8,11H,4-6,13H2,1-3H3;1H. The molecule has 0 aliphatic carbocycles. The van der Waals surface area contributed by atoms with Gasteiger partial charge in [0.05, 0.1) is 11.3 Å². The van der Waals surface area contributed by atoms with Crippen LogP contribution in [0.1, 0.15) is 29.4 Å². The molecule has 0 bridgehead atoms. The topological polar surface area (TPSA) is 64.2 Å². The van der Waals surface area contributed by atoms with E-state index in [1.54, 1.807) is 10.9 Å². The largest absolute Gasteiger partial charge is 0.338 e. The molecule has 1 fully saturated rings. The number of rotatable bonds is 1. The number of aromatic nitrogens is 2. The zero-order valence-electron chi connectivity index (χ0n) is 11.1. The molecule has 0 saturated carbocycles. The van der Waals surface area contributed by atoms with Crippen LogP contribution < -0.4 is 5.73 Å². The van der Waals surface area contributed by atoms with Crippen LogP contribution in [0, 0.1) is 12.8 Å². The summed E-state index contributed by atoms with van der Waals surface area (Å²) in [6, 6.07) is 0.217. The molecule has 1 aliphatic heterocycles. The predicted octanol–water partition coefficient (Wildman–Crippen LogP) is 0.960. The minimum atomic E-state index is 0. The van der Waals surface area contributed by atoms with E-state index < -0.39 is 0 Å². The highest BCUT2D eigenvalue weighted by atomic mass is 35.5. The quantitative estimate of drug-likeness (QED) is 0.828. The molecule has 2 heterocycles. The van der Waals surface area contributed by atoms with E-state index in [1.807, 2.05) is 18.9 Å². The number of amides is 1. The summed E-state index contributed by atoms with van der Waals surface area (Å²) >= 11 is 0. The minimum Gasteiger partial charge on any atom is -0.338 e. The molecule has 0 aromatic carbocycles. The Morgan fingerprint density at radius 2 is 2.22 bits per heavy atom. The van der Waals surface area contributed by atoms with Gasteiger partial charge in [-0.2, -0.15) is 5.10 Å². The number of hydrogen-bond donors (Lipinski definition) is 1. The molecule has 6 heteroatoms. The number of hydrogen-bond acceptors (Lipinski definition) is 3. The Balaban J connectivity index is 0.00000162. The van der Waals surface area contributed by atoms with Gasteiger partial charge in [0.2, 0.25) is 0 Å². The van der Waals surface area contributed by atoms with Gasteiger partial charge in [-0.25, -0.2) is 0 Å². The predicted molar refractivity (Wildman–Crippen MR) is 72.9 cm³/mol. The van der Waals surface area contributed by atoms with E-state index in [0.29, 0.717) is 11.5 Å². The maximum absolute atomic E-state index is 12.3. The third-order valence-corrected chi connectivity index (χ3v) is 3.50. The van der Waals surface area contributed by atoms with Crippen molar-refractivity contribution >= 4 is 18.3 Å². The molecular weight excluding hydrogens is 252 g/mol. The van der Waals surface area contributed by atoms with Gasteiger partial charge in [0.15, 0.2) is 0 Å². The normalized spacial score (nSPS) is 23.7. The van der Waals surface area contributed by atoms with Crippen molar-refractivity contribution in [1.82, 2.24) is 14.7 Å². The minimum absolute atomic E-state index is 0. The number of carbonyl (C=O) groups is 1. The van der Waals surface area contributed by atoms with Crippen LogP contribution in [0.3, 0.4) is 0 Å². The molecule has 2 N–H and O–H groups in total. The van der Waals surface area contributed by atoms with Crippen molar-refractivity contribution in [3.05, 3.63) is 17.5 Å². The van der Waals surface area contributed by atoms with Crippen LogP contribution in [0.25, 0.3) is 0 Å². The first kappa shape index (κ1) is 15.0. The molecule has 2 atom stereocenters. The molecule has 1 aromatic rings. The van der Waals surface area contributed by atoms with Gasteiger partial charge in [-0.3, -0.25) is 9.48 Å². The van der Waals surface area contributed by atoms with Crippen molar-refractivity contribution in [3.63, 3.8) is 0 Å². The van der Waals surface area contributed by atoms with Crippen molar-refractivity contribution in [1.29, 1.82) is 0 Å². The maximum Gasteiger partial charge on any atom is 0.257 e. The molecule has 18 heavy (non-hydrogen) atoms.